The molecule has 0 radical (unpaired) electrons. The second-order valence-electron chi connectivity index (χ2n) is 3.67. The molecule has 1 unspecified atom stereocenters. The van der Waals surface area contributed by atoms with Crippen molar-refractivity contribution in [1.29, 1.82) is 0 Å². The molecule has 5 nitrogen and oxygen atoms in total. The summed E-state index contributed by atoms with van der Waals surface area (Å²) >= 11 is 3.01. The first kappa shape index (κ1) is 15.1. The zero-order chi connectivity index (χ0) is 13.9. The molecule has 0 heterocycles. The highest BCUT2D eigenvalue weighted by molar-refractivity contribution is 9.10. The van der Waals surface area contributed by atoms with E-state index in [1.165, 1.54) is 13.0 Å². The maximum atomic E-state index is 13.5. The number of hydrogen-bond acceptors (Lipinski definition) is 3. The third-order valence-corrected chi connectivity index (χ3v) is 4.13. The van der Waals surface area contributed by atoms with E-state index in [4.69, 9.17) is 5.11 Å². The molecule has 100 valence electrons. The number of benzene rings is 1. The fourth-order valence-corrected chi connectivity index (χ4v) is 2.61. The lowest BCUT2D eigenvalue weighted by Crippen LogP contribution is -2.32. The molecule has 0 saturated heterocycles. The summed E-state index contributed by atoms with van der Waals surface area (Å²) in [7, 11) is -4.05. The number of nitrogens with one attached hydrogen (secondary N) is 1. The topological polar surface area (TPSA) is 83.5 Å². The minimum absolute atomic E-state index is 0.298. The molecule has 0 aliphatic rings. The van der Waals surface area contributed by atoms with Crippen LogP contribution < -0.4 is 4.72 Å². The van der Waals surface area contributed by atoms with Gasteiger partial charge in [0.1, 0.15) is 10.7 Å². The molecule has 0 aromatic heterocycles. The van der Waals surface area contributed by atoms with Gasteiger partial charge in [-0.25, -0.2) is 17.5 Å². The van der Waals surface area contributed by atoms with Gasteiger partial charge in [-0.05, 0) is 18.2 Å². The number of aliphatic carboxylic acids is 1. The van der Waals surface area contributed by atoms with Crippen LogP contribution in [0.2, 0.25) is 0 Å². The van der Waals surface area contributed by atoms with Crippen molar-refractivity contribution in [2.45, 2.75) is 11.8 Å². The van der Waals surface area contributed by atoms with Gasteiger partial charge in [-0.15, -0.1) is 0 Å². The Morgan fingerprint density at radius 2 is 2.17 bits per heavy atom. The molecule has 1 aromatic carbocycles. The summed E-state index contributed by atoms with van der Waals surface area (Å²) in [5.41, 5.74) is 0. The zero-order valence-corrected chi connectivity index (χ0v) is 11.8. The van der Waals surface area contributed by atoms with E-state index in [1.54, 1.807) is 0 Å². The molecule has 0 spiro atoms. The fraction of sp³-hybridized carbons (Fsp3) is 0.300. The second-order valence-corrected chi connectivity index (χ2v) is 6.32. The lowest BCUT2D eigenvalue weighted by molar-refractivity contribution is -0.140. The van der Waals surface area contributed by atoms with Gasteiger partial charge in [-0.3, -0.25) is 4.79 Å². The average Bonchev–Trinajstić information content (AvgIpc) is 2.25. The lowest BCUT2D eigenvalue weighted by Gasteiger charge is -2.10. The highest BCUT2D eigenvalue weighted by Crippen LogP contribution is 2.19. The summed E-state index contributed by atoms with van der Waals surface area (Å²) in [5.74, 6) is -2.92. The van der Waals surface area contributed by atoms with Crippen molar-refractivity contribution in [1.82, 2.24) is 4.72 Å². The molecule has 0 aliphatic heterocycles. The summed E-state index contributed by atoms with van der Waals surface area (Å²) in [5, 5.41) is 8.63. The van der Waals surface area contributed by atoms with Gasteiger partial charge < -0.3 is 5.11 Å². The first-order valence-corrected chi connectivity index (χ1v) is 7.19. The average molecular weight is 340 g/mol. The fourth-order valence-electron chi connectivity index (χ4n) is 1.09. The van der Waals surface area contributed by atoms with Crippen molar-refractivity contribution in [3.8, 4) is 0 Å². The summed E-state index contributed by atoms with van der Waals surface area (Å²) in [4.78, 5) is 10.0. The van der Waals surface area contributed by atoms with Crippen LogP contribution in [-0.4, -0.2) is 26.0 Å². The van der Waals surface area contributed by atoms with Crippen LogP contribution in [0.25, 0.3) is 0 Å². The van der Waals surface area contributed by atoms with E-state index in [9.17, 15) is 17.6 Å². The van der Waals surface area contributed by atoms with Crippen LogP contribution in [0.5, 0.6) is 0 Å². The number of hydrogen-bond donors (Lipinski definition) is 2. The van der Waals surface area contributed by atoms with Gasteiger partial charge in [0.25, 0.3) is 0 Å². The monoisotopic (exact) mass is 339 g/mol. The maximum absolute atomic E-state index is 13.5. The van der Waals surface area contributed by atoms with Crippen molar-refractivity contribution in [3.63, 3.8) is 0 Å². The van der Waals surface area contributed by atoms with Crippen molar-refractivity contribution in [3.05, 3.63) is 28.5 Å². The minimum atomic E-state index is -4.05. The normalized spacial score (nSPS) is 13.3. The highest BCUT2D eigenvalue weighted by atomic mass is 79.9. The Balaban J connectivity index is 2.90. The molecule has 2 N–H and O–H groups in total. The number of rotatable bonds is 5. The van der Waals surface area contributed by atoms with Crippen LogP contribution in [0.3, 0.4) is 0 Å². The molecule has 0 fully saturated rings. The number of sulfonamides is 1. The Kier molecular flexibility index (Phi) is 4.83. The number of carboxylic acid groups (broad SMARTS) is 1. The van der Waals surface area contributed by atoms with Crippen molar-refractivity contribution in [2.24, 2.45) is 5.92 Å². The minimum Gasteiger partial charge on any atom is -0.481 e. The van der Waals surface area contributed by atoms with Gasteiger partial charge in [0, 0.05) is 11.0 Å². The number of carboxylic acids is 1. The Hall–Kier alpha value is -0.990. The molecular formula is C10H11BrFNO4S. The molecule has 1 atom stereocenters. The summed E-state index contributed by atoms with van der Waals surface area (Å²) in [6, 6.07) is 3.51. The standard InChI is InChI=1S/C10H11BrFNO4S/c1-6(10(14)15)5-13-18(16,17)9-3-2-7(11)4-8(9)12/h2-4,6,13H,5H2,1H3,(H,14,15). The van der Waals surface area contributed by atoms with Crippen LogP contribution >= 0.6 is 15.9 Å². The molecule has 0 saturated carbocycles. The molecule has 1 aromatic rings. The molecule has 8 heteroatoms. The molecule has 1 rings (SSSR count). The second kappa shape index (κ2) is 5.77. The number of halogens is 2. The first-order valence-electron chi connectivity index (χ1n) is 4.91. The summed E-state index contributed by atoms with van der Waals surface area (Å²) in [6.45, 7) is 1.05. The van der Waals surface area contributed by atoms with Crippen molar-refractivity contribution < 1.29 is 22.7 Å². The predicted octanol–water partition coefficient (Wildman–Crippen LogP) is 1.59. The van der Waals surface area contributed by atoms with E-state index in [0.717, 1.165) is 12.1 Å². The van der Waals surface area contributed by atoms with Crippen LogP contribution in [0.1, 0.15) is 6.92 Å². The third kappa shape index (κ3) is 3.76. The van der Waals surface area contributed by atoms with Gasteiger partial charge >= 0.3 is 5.97 Å². The Labute approximate surface area is 112 Å². The van der Waals surface area contributed by atoms with Gasteiger partial charge in [-0.2, -0.15) is 0 Å². The summed E-state index contributed by atoms with van der Waals surface area (Å²) in [6.07, 6.45) is 0. The van der Waals surface area contributed by atoms with Crippen LogP contribution in [0.15, 0.2) is 27.6 Å². The quantitative estimate of drug-likeness (QED) is 0.853. The van der Waals surface area contributed by atoms with E-state index in [1.807, 2.05) is 0 Å². The molecule has 0 aliphatic carbocycles. The predicted molar refractivity (Wildman–Crippen MR) is 66.1 cm³/mol. The van der Waals surface area contributed by atoms with Crippen LogP contribution in [0, 0.1) is 11.7 Å². The van der Waals surface area contributed by atoms with E-state index >= 15 is 0 Å². The smallest absolute Gasteiger partial charge is 0.307 e. The summed E-state index contributed by atoms with van der Waals surface area (Å²) < 4.78 is 39.4. The van der Waals surface area contributed by atoms with Gasteiger partial charge in [0.15, 0.2) is 0 Å². The Morgan fingerprint density at radius 1 is 1.56 bits per heavy atom. The van der Waals surface area contributed by atoms with Crippen molar-refractivity contribution >= 4 is 31.9 Å². The third-order valence-electron chi connectivity index (χ3n) is 2.18. The van der Waals surface area contributed by atoms with Gasteiger partial charge in [-0.1, -0.05) is 22.9 Å². The number of carbonyl (C=O) groups is 1. The highest BCUT2D eigenvalue weighted by Gasteiger charge is 2.21. The van der Waals surface area contributed by atoms with E-state index in [2.05, 4.69) is 20.7 Å². The molecule has 0 bridgehead atoms. The Morgan fingerprint density at radius 3 is 2.67 bits per heavy atom. The van der Waals surface area contributed by atoms with E-state index in [-0.39, 0.29) is 6.54 Å². The van der Waals surface area contributed by atoms with E-state index < -0.39 is 32.6 Å². The lowest BCUT2D eigenvalue weighted by atomic mass is 10.2. The van der Waals surface area contributed by atoms with Crippen molar-refractivity contribution in [2.75, 3.05) is 6.54 Å². The largest absolute Gasteiger partial charge is 0.481 e. The maximum Gasteiger partial charge on any atom is 0.307 e. The molecule has 18 heavy (non-hydrogen) atoms. The van der Waals surface area contributed by atoms with Crippen LogP contribution in [-0.2, 0) is 14.8 Å². The zero-order valence-electron chi connectivity index (χ0n) is 9.35. The SMILES string of the molecule is CC(CNS(=O)(=O)c1ccc(Br)cc1F)C(=O)O. The first-order chi connectivity index (χ1) is 8.24. The molecule has 0 amide bonds. The van der Waals surface area contributed by atoms with Gasteiger partial charge in [0.05, 0.1) is 5.92 Å². The van der Waals surface area contributed by atoms with Crippen LogP contribution in [0.4, 0.5) is 4.39 Å². The molecular weight excluding hydrogens is 329 g/mol. The van der Waals surface area contributed by atoms with E-state index in [0.29, 0.717) is 4.47 Å². The van der Waals surface area contributed by atoms with Gasteiger partial charge in [0.2, 0.25) is 10.0 Å². The Bertz CT molecular complexity index is 561.